The maximum atomic E-state index is 2.49. The average molecular weight is 317 g/mol. The summed E-state index contributed by atoms with van der Waals surface area (Å²) in [6.45, 7) is 9.28. The molecular formula is C23H40. The molecule has 0 spiro atoms. The van der Waals surface area contributed by atoms with Gasteiger partial charge in [-0.1, -0.05) is 115 Å². The number of unbranched alkanes of at least 4 members (excludes halogenated alkanes) is 7. The molecule has 0 aliphatic carbocycles. The zero-order chi connectivity index (χ0) is 16.9. The molecule has 0 fully saturated rings. The summed E-state index contributed by atoms with van der Waals surface area (Å²) in [5.41, 5.74) is 2.96. The summed E-state index contributed by atoms with van der Waals surface area (Å²) >= 11 is 0. The molecule has 1 rings (SSSR count). The van der Waals surface area contributed by atoms with Crippen LogP contribution in [0.4, 0.5) is 0 Å². The summed E-state index contributed by atoms with van der Waals surface area (Å²) in [7, 11) is 0. The molecule has 0 aliphatic rings. The SMILES string of the molecule is CCCCCCCC(c1ccc(C)cc1)C(C)CCCCCC. The van der Waals surface area contributed by atoms with Crippen molar-refractivity contribution in [3.05, 3.63) is 35.4 Å². The zero-order valence-corrected chi connectivity index (χ0v) is 16.2. The van der Waals surface area contributed by atoms with Crippen molar-refractivity contribution in [2.24, 2.45) is 5.92 Å². The largest absolute Gasteiger partial charge is 0.0654 e. The van der Waals surface area contributed by atoms with Crippen LogP contribution in [0.25, 0.3) is 0 Å². The Morgan fingerprint density at radius 2 is 1.22 bits per heavy atom. The first-order valence-corrected chi connectivity index (χ1v) is 10.3. The Labute approximate surface area is 146 Å². The molecule has 0 radical (unpaired) electrons. The van der Waals surface area contributed by atoms with E-state index >= 15 is 0 Å². The van der Waals surface area contributed by atoms with Gasteiger partial charge in [0.15, 0.2) is 0 Å². The highest BCUT2D eigenvalue weighted by molar-refractivity contribution is 5.25. The van der Waals surface area contributed by atoms with E-state index in [-0.39, 0.29) is 0 Å². The summed E-state index contributed by atoms with van der Waals surface area (Å²) in [4.78, 5) is 0. The molecule has 2 unspecified atom stereocenters. The van der Waals surface area contributed by atoms with E-state index in [0.29, 0.717) is 0 Å². The van der Waals surface area contributed by atoms with Crippen LogP contribution in [0, 0.1) is 12.8 Å². The summed E-state index contributed by atoms with van der Waals surface area (Å²) in [5, 5.41) is 0. The topological polar surface area (TPSA) is 0 Å². The van der Waals surface area contributed by atoms with Crippen LogP contribution in [0.1, 0.15) is 108 Å². The van der Waals surface area contributed by atoms with Crippen molar-refractivity contribution in [2.75, 3.05) is 0 Å². The molecule has 0 N–H and O–H groups in total. The second-order valence-electron chi connectivity index (χ2n) is 7.55. The average Bonchev–Trinajstić information content (AvgIpc) is 2.56. The molecule has 0 saturated carbocycles. The Morgan fingerprint density at radius 1 is 0.696 bits per heavy atom. The normalized spacial score (nSPS) is 13.9. The predicted octanol–water partition coefficient (Wildman–Crippen LogP) is 8.05. The van der Waals surface area contributed by atoms with Crippen LogP contribution >= 0.6 is 0 Å². The highest BCUT2D eigenvalue weighted by atomic mass is 14.2. The van der Waals surface area contributed by atoms with Crippen LogP contribution in [0.5, 0.6) is 0 Å². The molecule has 132 valence electrons. The lowest BCUT2D eigenvalue weighted by atomic mass is 9.80. The van der Waals surface area contributed by atoms with E-state index in [0.717, 1.165) is 11.8 Å². The summed E-state index contributed by atoms with van der Waals surface area (Å²) < 4.78 is 0. The zero-order valence-electron chi connectivity index (χ0n) is 16.2. The molecule has 1 aromatic rings. The maximum absolute atomic E-state index is 2.49. The van der Waals surface area contributed by atoms with Crippen molar-refractivity contribution in [1.82, 2.24) is 0 Å². The second kappa shape index (κ2) is 12.6. The highest BCUT2D eigenvalue weighted by Gasteiger charge is 2.18. The van der Waals surface area contributed by atoms with Crippen molar-refractivity contribution in [3.63, 3.8) is 0 Å². The van der Waals surface area contributed by atoms with E-state index in [9.17, 15) is 0 Å². The molecule has 0 heteroatoms. The van der Waals surface area contributed by atoms with Crippen molar-refractivity contribution < 1.29 is 0 Å². The number of rotatable bonds is 13. The summed E-state index contributed by atoms with van der Waals surface area (Å²) in [6, 6.07) is 9.36. The highest BCUT2D eigenvalue weighted by Crippen LogP contribution is 2.33. The lowest BCUT2D eigenvalue weighted by Crippen LogP contribution is -2.10. The van der Waals surface area contributed by atoms with Crippen LogP contribution < -0.4 is 0 Å². The minimum Gasteiger partial charge on any atom is -0.0654 e. The van der Waals surface area contributed by atoms with Crippen LogP contribution in [0.3, 0.4) is 0 Å². The number of hydrogen-bond donors (Lipinski definition) is 0. The fraction of sp³-hybridized carbons (Fsp3) is 0.739. The number of benzene rings is 1. The third-order valence-corrected chi connectivity index (χ3v) is 5.32. The van der Waals surface area contributed by atoms with Gasteiger partial charge in [0, 0.05) is 0 Å². The van der Waals surface area contributed by atoms with Crippen molar-refractivity contribution in [1.29, 1.82) is 0 Å². The molecular weight excluding hydrogens is 276 g/mol. The Balaban J connectivity index is 2.54. The van der Waals surface area contributed by atoms with Gasteiger partial charge in [0.05, 0.1) is 0 Å². The van der Waals surface area contributed by atoms with Gasteiger partial charge >= 0.3 is 0 Å². The first kappa shape index (κ1) is 20.3. The standard InChI is InChI=1S/C23H40/c1-5-7-9-11-13-15-23(21(4)14-12-10-8-6-2)22-18-16-20(3)17-19-22/h16-19,21,23H,5-15H2,1-4H3. The smallest absolute Gasteiger partial charge is 0.0136 e. The van der Waals surface area contributed by atoms with Crippen molar-refractivity contribution in [3.8, 4) is 0 Å². The van der Waals surface area contributed by atoms with Gasteiger partial charge < -0.3 is 0 Å². The molecule has 0 nitrogen and oxygen atoms in total. The molecule has 0 saturated heterocycles. The van der Waals surface area contributed by atoms with Gasteiger partial charge in [0.25, 0.3) is 0 Å². The number of aryl methyl sites for hydroxylation is 1. The maximum Gasteiger partial charge on any atom is -0.0136 e. The summed E-state index contributed by atoms with van der Waals surface area (Å²) in [5.74, 6) is 1.58. The van der Waals surface area contributed by atoms with Gasteiger partial charge in [-0.05, 0) is 30.7 Å². The van der Waals surface area contributed by atoms with Crippen molar-refractivity contribution >= 4 is 0 Å². The minimum absolute atomic E-state index is 0.763. The quantitative estimate of drug-likeness (QED) is 0.323. The summed E-state index contributed by atoms with van der Waals surface area (Å²) in [6.07, 6.45) is 15.3. The van der Waals surface area contributed by atoms with E-state index in [1.165, 1.54) is 76.2 Å². The molecule has 0 heterocycles. The van der Waals surface area contributed by atoms with Gasteiger partial charge in [-0.3, -0.25) is 0 Å². The Kier molecular flexibility index (Phi) is 11.1. The van der Waals surface area contributed by atoms with E-state index in [4.69, 9.17) is 0 Å². The first-order chi connectivity index (χ1) is 11.2. The molecule has 1 aromatic carbocycles. The van der Waals surface area contributed by atoms with Gasteiger partial charge in [0.2, 0.25) is 0 Å². The van der Waals surface area contributed by atoms with E-state index in [1.807, 2.05) is 0 Å². The Morgan fingerprint density at radius 3 is 1.83 bits per heavy atom. The van der Waals surface area contributed by atoms with E-state index < -0.39 is 0 Å². The van der Waals surface area contributed by atoms with Gasteiger partial charge in [-0.25, -0.2) is 0 Å². The molecule has 0 aromatic heterocycles. The molecule has 0 bridgehead atoms. The predicted molar refractivity (Wildman–Crippen MR) is 105 cm³/mol. The van der Waals surface area contributed by atoms with Gasteiger partial charge in [-0.2, -0.15) is 0 Å². The molecule has 0 amide bonds. The van der Waals surface area contributed by atoms with Crippen LogP contribution in [0.2, 0.25) is 0 Å². The Hall–Kier alpha value is -0.780. The first-order valence-electron chi connectivity index (χ1n) is 10.3. The molecule has 23 heavy (non-hydrogen) atoms. The number of hydrogen-bond acceptors (Lipinski definition) is 0. The van der Waals surface area contributed by atoms with Crippen molar-refractivity contribution in [2.45, 2.75) is 104 Å². The third kappa shape index (κ3) is 8.58. The van der Waals surface area contributed by atoms with E-state index in [2.05, 4.69) is 52.0 Å². The molecule has 2 atom stereocenters. The van der Waals surface area contributed by atoms with Crippen LogP contribution in [-0.2, 0) is 0 Å². The fourth-order valence-electron chi connectivity index (χ4n) is 3.66. The minimum atomic E-state index is 0.763. The lowest BCUT2D eigenvalue weighted by Gasteiger charge is -2.25. The third-order valence-electron chi connectivity index (χ3n) is 5.32. The lowest BCUT2D eigenvalue weighted by molar-refractivity contribution is 0.378. The second-order valence-corrected chi connectivity index (χ2v) is 7.55. The van der Waals surface area contributed by atoms with Gasteiger partial charge in [0.1, 0.15) is 0 Å². The Bertz CT molecular complexity index is 376. The monoisotopic (exact) mass is 316 g/mol. The van der Waals surface area contributed by atoms with Crippen LogP contribution in [-0.4, -0.2) is 0 Å². The van der Waals surface area contributed by atoms with Gasteiger partial charge in [-0.15, -0.1) is 0 Å². The molecule has 0 aliphatic heterocycles. The fourth-order valence-corrected chi connectivity index (χ4v) is 3.66. The van der Waals surface area contributed by atoms with E-state index in [1.54, 1.807) is 5.56 Å². The van der Waals surface area contributed by atoms with Crippen LogP contribution in [0.15, 0.2) is 24.3 Å².